The molecule has 0 saturated carbocycles. The molecular formula is C20H43N4O5Si. The highest BCUT2D eigenvalue weighted by atomic mass is 28.4. The van der Waals surface area contributed by atoms with Crippen LogP contribution in [0.4, 0.5) is 9.59 Å². The maximum atomic E-state index is 12.5. The van der Waals surface area contributed by atoms with E-state index in [0.29, 0.717) is 19.5 Å². The van der Waals surface area contributed by atoms with Gasteiger partial charge in [0.1, 0.15) is 0 Å². The van der Waals surface area contributed by atoms with Crippen LogP contribution < -0.4 is 15.7 Å². The predicted molar refractivity (Wildman–Crippen MR) is 120 cm³/mol. The lowest BCUT2D eigenvalue weighted by molar-refractivity contribution is 0.105. The van der Waals surface area contributed by atoms with E-state index in [1.54, 1.807) is 0 Å². The van der Waals surface area contributed by atoms with Gasteiger partial charge in [-0.25, -0.2) is 14.6 Å². The highest BCUT2D eigenvalue weighted by Crippen LogP contribution is 2.10. The van der Waals surface area contributed by atoms with Crippen molar-refractivity contribution in [3.8, 4) is 0 Å². The van der Waals surface area contributed by atoms with Crippen LogP contribution in [-0.2, 0) is 13.3 Å². The lowest BCUT2D eigenvalue weighted by Crippen LogP contribution is -2.63. The minimum Gasteiger partial charge on any atom is -0.360 e. The molecule has 0 fully saturated rings. The first-order valence-corrected chi connectivity index (χ1v) is 13.0. The van der Waals surface area contributed by atoms with E-state index in [-0.39, 0.29) is 0 Å². The van der Waals surface area contributed by atoms with E-state index in [1.165, 1.54) is 72.7 Å². The van der Waals surface area contributed by atoms with Gasteiger partial charge in [-0.2, -0.15) is 0 Å². The van der Waals surface area contributed by atoms with Gasteiger partial charge in [0, 0.05) is 34.4 Å². The molecule has 0 aromatic rings. The molecule has 2 N–H and O–H groups in total. The number of hydrogen-bond acceptors (Lipinski definition) is 5. The average Bonchev–Trinajstić information content (AvgIpc) is 2.75. The summed E-state index contributed by atoms with van der Waals surface area (Å²) in [6.07, 6.45) is 13.0. The second kappa shape index (κ2) is 18.4. The molecule has 177 valence electrons. The molecule has 1 radical (unpaired) electrons. The fourth-order valence-electron chi connectivity index (χ4n) is 2.96. The molecule has 0 aliphatic heterocycles. The maximum absolute atomic E-state index is 12.5. The van der Waals surface area contributed by atoms with Gasteiger partial charge in [-0.3, -0.25) is 4.98 Å². The largest absolute Gasteiger partial charge is 0.634 e. The van der Waals surface area contributed by atoms with Gasteiger partial charge < -0.3 is 18.6 Å². The van der Waals surface area contributed by atoms with E-state index in [0.717, 1.165) is 17.9 Å². The second-order valence-electron chi connectivity index (χ2n) is 7.24. The zero-order valence-electron chi connectivity index (χ0n) is 19.6. The van der Waals surface area contributed by atoms with Gasteiger partial charge in [-0.05, 0) is 12.8 Å². The third-order valence-corrected chi connectivity index (χ3v) is 6.89. The summed E-state index contributed by atoms with van der Waals surface area (Å²) in [6.45, 7) is 4.97. The molecule has 30 heavy (non-hydrogen) atoms. The Morgan fingerprint density at radius 1 is 0.800 bits per heavy atom. The number of hydrogen-bond donors (Lipinski definition) is 2. The van der Waals surface area contributed by atoms with Crippen LogP contribution in [0, 0.1) is 0 Å². The first-order chi connectivity index (χ1) is 14.5. The van der Waals surface area contributed by atoms with Gasteiger partial charge in [0.15, 0.2) is 0 Å². The van der Waals surface area contributed by atoms with Gasteiger partial charge in [-0.15, -0.1) is 5.43 Å². The number of nitrogens with zero attached hydrogens (tertiary/aromatic N) is 2. The summed E-state index contributed by atoms with van der Waals surface area (Å²) >= 11 is 0. The zero-order chi connectivity index (χ0) is 22.7. The van der Waals surface area contributed by atoms with Gasteiger partial charge in [0.25, 0.3) is 0 Å². The molecule has 10 heteroatoms. The molecule has 4 amide bonds. The maximum Gasteiger partial charge on any atom is 0.634 e. The Hall–Kier alpha value is -1.36. The van der Waals surface area contributed by atoms with E-state index >= 15 is 0 Å². The number of carbonyl (C=O) groups is 2. The Bertz CT molecular complexity index is 445. The number of urea groups is 2. The summed E-state index contributed by atoms with van der Waals surface area (Å²) in [5.41, 5.74) is 3.86. The van der Waals surface area contributed by atoms with Crippen molar-refractivity contribution >= 4 is 21.0 Å². The molecule has 0 heterocycles. The quantitative estimate of drug-likeness (QED) is 0.200. The number of carbonyl (C=O) groups excluding carboxylic acids is 2. The Kier molecular flexibility index (Phi) is 17.6. The summed E-state index contributed by atoms with van der Waals surface area (Å²) in [5.74, 6) is 0. The van der Waals surface area contributed by atoms with E-state index in [4.69, 9.17) is 13.3 Å². The van der Waals surface area contributed by atoms with Crippen LogP contribution in [-0.4, -0.2) is 60.5 Å². The van der Waals surface area contributed by atoms with Crippen molar-refractivity contribution in [3.63, 3.8) is 0 Å². The number of nitrogens with one attached hydrogen (secondary N) is 2. The molecule has 0 saturated heterocycles. The molecule has 0 aromatic heterocycles. The van der Waals surface area contributed by atoms with Crippen molar-refractivity contribution in [3.05, 3.63) is 0 Å². The van der Waals surface area contributed by atoms with Crippen molar-refractivity contribution in [2.75, 3.05) is 34.4 Å². The molecule has 0 unspecified atom stereocenters. The standard InChI is InChI=1S/C20H43N4O5Si/c1-6-8-9-10-11-12-13-14-15-16-17-21-19(25)22-24(18-7-2)20(26)23-30(27-3,28-4)29-5/h6-18H2,1-5H3,(H,21,25)(H,23,26). The molecule has 0 aromatic carbocycles. The molecule has 0 aliphatic rings. The third-order valence-electron chi connectivity index (χ3n) is 4.75. The van der Waals surface area contributed by atoms with E-state index in [9.17, 15) is 9.59 Å². The fourth-order valence-corrected chi connectivity index (χ4v) is 4.16. The minimum absolute atomic E-state index is 0.291. The van der Waals surface area contributed by atoms with Crippen LogP contribution in [0.1, 0.15) is 84.5 Å². The smallest absolute Gasteiger partial charge is 0.360 e. The molecule has 0 bridgehead atoms. The molecule has 0 atom stereocenters. The number of amides is 4. The van der Waals surface area contributed by atoms with E-state index in [1.807, 2.05) is 6.92 Å². The second-order valence-corrected chi connectivity index (χ2v) is 9.82. The van der Waals surface area contributed by atoms with E-state index < -0.39 is 21.0 Å². The first kappa shape index (κ1) is 28.6. The fraction of sp³-hybridized carbons (Fsp3) is 0.900. The summed E-state index contributed by atoms with van der Waals surface area (Å²) in [6, 6.07) is -1.13. The van der Waals surface area contributed by atoms with Crippen molar-refractivity contribution in [1.29, 1.82) is 0 Å². The minimum atomic E-state index is -3.31. The van der Waals surface area contributed by atoms with Gasteiger partial charge >= 0.3 is 21.0 Å². The van der Waals surface area contributed by atoms with Crippen LogP contribution in [0.25, 0.3) is 0 Å². The Labute approximate surface area is 184 Å². The highest BCUT2D eigenvalue weighted by molar-refractivity contribution is 6.60. The summed E-state index contributed by atoms with van der Waals surface area (Å²) in [4.78, 5) is 27.1. The zero-order valence-corrected chi connectivity index (χ0v) is 20.6. The van der Waals surface area contributed by atoms with Crippen molar-refractivity contribution in [2.24, 2.45) is 0 Å². The van der Waals surface area contributed by atoms with E-state index in [2.05, 4.69) is 22.6 Å². The molecule has 9 nitrogen and oxygen atoms in total. The SMILES string of the molecule is CCCCCCCCCCCCNC(=O)[N]N(CCC)C(=O)N[Si](OC)(OC)OC. The van der Waals surface area contributed by atoms with Gasteiger partial charge in [-0.1, -0.05) is 71.6 Å². The van der Waals surface area contributed by atoms with Crippen LogP contribution >= 0.6 is 0 Å². The van der Waals surface area contributed by atoms with Crippen LogP contribution in [0.3, 0.4) is 0 Å². The van der Waals surface area contributed by atoms with Crippen molar-refractivity contribution in [1.82, 2.24) is 20.7 Å². The Balaban J connectivity index is 4.07. The molecule has 0 aliphatic carbocycles. The molecular weight excluding hydrogens is 404 g/mol. The summed E-state index contributed by atoms with van der Waals surface area (Å²) in [5, 5.41) is 3.82. The lowest BCUT2D eigenvalue weighted by atomic mass is 10.1. The van der Waals surface area contributed by atoms with Gasteiger partial charge in [0.05, 0.1) is 0 Å². The Morgan fingerprint density at radius 2 is 1.30 bits per heavy atom. The van der Waals surface area contributed by atoms with Crippen LogP contribution in [0.5, 0.6) is 0 Å². The van der Waals surface area contributed by atoms with Crippen LogP contribution in [0.2, 0.25) is 0 Å². The highest BCUT2D eigenvalue weighted by Gasteiger charge is 2.43. The Morgan fingerprint density at radius 3 is 1.77 bits per heavy atom. The lowest BCUT2D eigenvalue weighted by Gasteiger charge is -2.27. The van der Waals surface area contributed by atoms with Crippen LogP contribution in [0.15, 0.2) is 0 Å². The number of unbranched alkanes of at least 4 members (excludes halogenated alkanes) is 9. The molecule has 0 rings (SSSR count). The normalized spacial score (nSPS) is 11.2. The third kappa shape index (κ3) is 13.0. The van der Waals surface area contributed by atoms with Crippen molar-refractivity contribution < 1.29 is 22.9 Å². The average molecular weight is 448 g/mol. The van der Waals surface area contributed by atoms with Gasteiger partial charge in [0.2, 0.25) is 0 Å². The summed E-state index contributed by atoms with van der Waals surface area (Å²) < 4.78 is 15.5. The monoisotopic (exact) mass is 447 g/mol. The number of rotatable bonds is 17. The first-order valence-electron chi connectivity index (χ1n) is 11.2. The predicted octanol–water partition coefficient (Wildman–Crippen LogP) is 3.93. The van der Waals surface area contributed by atoms with Crippen molar-refractivity contribution in [2.45, 2.75) is 84.5 Å². The molecule has 0 spiro atoms. The topological polar surface area (TPSA) is 103 Å². The summed E-state index contributed by atoms with van der Waals surface area (Å²) in [7, 11) is 0.853.